The average Bonchev–Trinajstić information content (AvgIpc) is 2.55. The summed E-state index contributed by atoms with van der Waals surface area (Å²) in [6.45, 7) is 4.13. The molecular weight excluding hydrogens is 152 g/mol. The van der Waals surface area contributed by atoms with Crippen LogP contribution >= 0.6 is 0 Å². The lowest BCUT2D eigenvalue weighted by Gasteiger charge is -2.36. The summed E-state index contributed by atoms with van der Waals surface area (Å²) in [5, 5.41) is 3.40. The lowest BCUT2D eigenvalue weighted by molar-refractivity contribution is 0.165. The van der Waals surface area contributed by atoms with Gasteiger partial charge in [0.05, 0.1) is 0 Å². The van der Waals surface area contributed by atoms with E-state index >= 15 is 0 Å². The van der Waals surface area contributed by atoms with Crippen LogP contribution in [-0.2, 0) is 4.79 Å². The van der Waals surface area contributed by atoms with E-state index in [1.165, 1.54) is 6.42 Å². The Kier molecular flexibility index (Phi) is 2.05. The predicted molar refractivity (Wildman–Crippen MR) is 46.4 cm³/mol. The quantitative estimate of drug-likeness (QED) is 0.602. The van der Waals surface area contributed by atoms with Crippen LogP contribution in [0.1, 0.15) is 19.3 Å². The number of carbonyl (C=O) groups excluding carboxylic acids is 1. The van der Waals surface area contributed by atoms with Crippen LogP contribution < -0.4 is 5.32 Å². The largest absolute Gasteiger partial charge is 0.334 e. The molecule has 2 aliphatic rings. The Morgan fingerprint density at radius 1 is 1.25 bits per heavy atom. The smallest absolute Gasteiger partial charge is 0.312 e. The summed E-state index contributed by atoms with van der Waals surface area (Å²) in [5.41, 5.74) is 0.521. The van der Waals surface area contributed by atoms with Gasteiger partial charge in [0, 0.05) is 19.6 Å². The zero-order valence-electron chi connectivity index (χ0n) is 7.31. The third-order valence-electron chi connectivity index (χ3n) is 3.29. The number of hydrogen-bond acceptors (Lipinski definition) is 2. The molecule has 0 aromatic rings. The Balaban J connectivity index is 1.92. The van der Waals surface area contributed by atoms with Gasteiger partial charge < -0.3 is 10.2 Å². The number of rotatable bonds is 1. The Morgan fingerprint density at radius 3 is 2.50 bits per heavy atom. The normalized spacial score (nSPS) is 27.8. The SMILES string of the molecule is O=[C]N1CCC2(CCNC2)CC1. The molecule has 2 saturated heterocycles. The highest BCUT2D eigenvalue weighted by atomic mass is 16.1. The molecule has 0 atom stereocenters. The molecule has 2 rings (SSSR count). The van der Waals surface area contributed by atoms with Crippen molar-refractivity contribution < 1.29 is 4.79 Å². The zero-order chi connectivity index (χ0) is 8.44. The van der Waals surface area contributed by atoms with Gasteiger partial charge in [-0.05, 0) is 31.2 Å². The van der Waals surface area contributed by atoms with E-state index in [-0.39, 0.29) is 0 Å². The minimum absolute atomic E-state index is 0.521. The first-order valence-corrected chi connectivity index (χ1v) is 4.68. The van der Waals surface area contributed by atoms with E-state index in [1.807, 2.05) is 6.41 Å². The number of amides is 1. The second-order valence-electron chi connectivity index (χ2n) is 4.01. The van der Waals surface area contributed by atoms with Crippen molar-refractivity contribution in [1.82, 2.24) is 10.2 Å². The second kappa shape index (κ2) is 3.05. The molecule has 1 spiro atoms. The summed E-state index contributed by atoms with van der Waals surface area (Å²) >= 11 is 0. The average molecular weight is 167 g/mol. The van der Waals surface area contributed by atoms with Gasteiger partial charge in [0.15, 0.2) is 0 Å². The molecule has 1 N–H and O–H groups in total. The summed E-state index contributed by atoms with van der Waals surface area (Å²) in [6.07, 6.45) is 5.59. The zero-order valence-corrected chi connectivity index (χ0v) is 7.31. The van der Waals surface area contributed by atoms with E-state index in [0.717, 1.165) is 39.0 Å². The van der Waals surface area contributed by atoms with Crippen LogP contribution in [-0.4, -0.2) is 37.5 Å². The fourth-order valence-electron chi connectivity index (χ4n) is 2.29. The maximum Gasteiger partial charge on any atom is 0.312 e. The van der Waals surface area contributed by atoms with Crippen LogP contribution in [0.4, 0.5) is 0 Å². The van der Waals surface area contributed by atoms with E-state index in [0.29, 0.717) is 5.41 Å². The maximum atomic E-state index is 10.3. The van der Waals surface area contributed by atoms with Crippen molar-refractivity contribution in [3.05, 3.63) is 0 Å². The van der Waals surface area contributed by atoms with Crippen LogP contribution in [0.2, 0.25) is 0 Å². The summed E-state index contributed by atoms with van der Waals surface area (Å²) in [6, 6.07) is 0. The molecule has 2 heterocycles. The van der Waals surface area contributed by atoms with Crippen molar-refractivity contribution in [1.29, 1.82) is 0 Å². The first-order chi connectivity index (χ1) is 5.85. The van der Waals surface area contributed by atoms with Crippen molar-refractivity contribution in [3.8, 4) is 0 Å². The highest BCUT2D eigenvalue weighted by Crippen LogP contribution is 2.36. The predicted octanol–water partition coefficient (Wildman–Crippen LogP) is 0.129. The van der Waals surface area contributed by atoms with Crippen LogP contribution in [0.25, 0.3) is 0 Å². The molecule has 1 amide bonds. The molecule has 0 aliphatic carbocycles. The number of nitrogens with one attached hydrogen (secondary N) is 1. The fraction of sp³-hybridized carbons (Fsp3) is 0.889. The third-order valence-corrected chi connectivity index (χ3v) is 3.29. The van der Waals surface area contributed by atoms with E-state index in [9.17, 15) is 4.79 Å². The Hall–Kier alpha value is -0.570. The molecule has 0 unspecified atom stereocenters. The highest BCUT2D eigenvalue weighted by molar-refractivity contribution is 5.48. The summed E-state index contributed by atoms with van der Waals surface area (Å²) in [7, 11) is 0. The lowest BCUT2D eigenvalue weighted by Crippen LogP contribution is -2.40. The maximum absolute atomic E-state index is 10.3. The van der Waals surface area contributed by atoms with Crippen LogP contribution in [0.15, 0.2) is 0 Å². The second-order valence-corrected chi connectivity index (χ2v) is 4.01. The van der Waals surface area contributed by atoms with Crippen molar-refractivity contribution in [2.45, 2.75) is 19.3 Å². The van der Waals surface area contributed by atoms with Gasteiger partial charge in [0.1, 0.15) is 0 Å². The molecule has 2 fully saturated rings. The van der Waals surface area contributed by atoms with E-state index < -0.39 is 0 Å². The molecule has 3 nitrogen and oxygen atoms in total. The fourth-order valence-corrected chi connectivity index (χ4v) is 2.29. The van der Waals surface area contributed by atoms with Gasteiger partial charge in [-0.25, -0.2) is 0 Å². The number of hydrogen-bond donors (Lipinski definition) is 1. The molecule has 12 heavy (non-hydrogen) atoms. The number of nitrogens with zero attached hydrogens (tertiary/aromatic N) is 1. The molecule has 0 saturated carbocycles. The minimum atomic E-state index is 0.521. The first kappa shape index (κ1) is 8.05. The number of likely N-dealkylation sites (tertiary alicyclic amines) is 1. The van der Waals surface area contributed by atoms with Gasteiger partial charge in [0.2, 0.25) is 0 Å². The lowest BCUT2D eigenvalue weighted by atomic mass is 9.78. The van der Waals surface area contributed by atoms with Gasteiger partial charge in [-0.2, -0.15) is 0 Å². The highest BCUT2D eigenvalue weighted by Gasteiger charge is 2.36. The Labute approximate surface area is 73.1 Å². The van der Waals surface area contributed by atoms with Crippen LogP contribution in [0.3, 0.4) is 0 Å². The van der Waals surface area contributed by atoms with E-state index in [2.05, 4.69) is 5.32 Å². The first-order valence-electron chi connectivity index (χ1n) is 4.68. The molecule has 67 valence electrons. The standard InChI is InChI=1S/C9H15N2O/c12-8-11-5-2-9(3-6-11)1-4-10-7-9/h10H,1-7H2. The monoisotopic (exact) mass is 167 g/mol. The summed E-state index contributed by atoms with van der Waals surface area (Å²) < 4.78 is 0. The van der Waals surface area contributed by atoms with Gasteiger partial charge >= 0.3 is 6.41 Å². The van der Waals surface area contributed by atoms with Gasteiger partial charge in [-0.1, -0.05) is 0 Å². The van der Waals surface area contributed by atoms with E-state index in [1.54, 1.807) is 4.90 Å². The van der Waals surface area contributed by atoms with Crippen LogP contribution in [0.5, 0.6) is 0 Å². The van der Waals surface area contributed by atoms with Gasteiger partial charge in [-0.3, -0.25) is 4.79 Å². The van der Waals surface area contributed by atoms with Crippen molar-refractivity contribution in [2.75, 3.05) is 26.2 Å². The molecule has 0 bridgehead atoms. The third kappa shape index (κ3) is 1.33. The molecule has 0 aromatic carbocycles. The van der Waals surface area contributed by atoms with E-state index in [4.69, 9.17) is 0 Å². The van der Waals surface area contributed by atoms with Crippen molar-refractivity contribution in [3.63, 3.8) is 0 Å². The molecular formula is C9H15N2O. The van der Waals surface area contributed by atoms with Gasteiger partial charge in [0.25, 0.3) is 0 Å². The van der Waals surface area contributed by atoms with Gasteiger partial charge in [-0.15, -0.1) is 0 Å². The van der Waals surface area contributed by atoms with Crippen LogP contribution in [0, 0.1) is 5.41 Å². The molecule has 3 heteroatoms. The molecule has 0 aromatic heterocycles. The number of piperidine rings is 1. The Bertz CT molecular complexity index is 165. The summed E-state index contributed by atoms with van der Waals surface area (Å²) in [4.78, 5) is 12.1. The van der Waals surface area contributed by atoms with Crippen molar-refractivity contribution >= 4 is 6.41 Å². The van der Waals surface area contributed by atoms with Crippen molar-refractivity contribution in [2.24, 2.45) is 5.41 Å². The summed E-state index contributed by atoms with van der Waals surface area (Å²) in [5.74, 6) is 0. The topological polar surface area (TPSA) is 32.3 Å². The Morgan fingerprint density at radius 2 is 2.00 bits per heavy atom. The minimum Gasteiger partial charge on any atom is -0.334 e. The molecule has 2 aliphatic heterocycles. The molecule has 1 radical (unpaired) electrons.